The molecule has 0 aliphatic heterocycles. The van der Waals surface area contributed by atoms with Gasteiger partial charge in [-0.15, -0.1) is 0 Å². The zero-order chi connectivity index (χ0) is 10.7. The Bertz CT molecular complexity index is 367. The fourth-order valence-corrected chi connectivity index (χ4v) is 2.10. The van der Waals surface area contributed by atoms with E-state index in [1.54, 1.807) is 0 Å². The van der Waals surface area contributed by atoms with Crippen molar-refractivity contribution in [2.24, 2.45) is 0 Å². The van der Waals surface area contributed by atoms with Crippen LogP contribution in [-0.4, -0.2) is 12.6 Å². The minimum Gasteiger partial charge on any atom is -0.311 e. The summed E-state index contributed by atoms with van der Waals surface area (Å²) in [7, 11) is 0. The van der Waals surface area contributed by atoms with Crippen molar-refractivity contribution in [1.82, 2.24) is 5.32 Å². The minimum atomic E-state index is 0.788. The number of hydrogen-bond acceptors (Lipinski definition) is 1. The van der Waals surface area contributed by atoms with Gasteiger partial charge in [0.15, 0.2) is 0 Å². The van der Waals surface area contributed by atoms with E-state index in [4.69, 9.17) is 0 Å². The molecule has 1 aromatic rings. The summed E-state index contributed by atoms with van der Waals surface area (Å²) in [6.45, 7) is 3.08. The van der Waals surface area contributed by atoms with Crippen LogP contribution in [0.15, 0.2) is 28.7 Å². The van der Waals surface area contributed by atoms with Crippen LogP contribution in [0, 0.1) is 6.92 Å². The summed E-state index contributed by atoms with van der Waals surface area (Å²) in [4.78, 5) is 0. The molecule has 0 spiro atoms. The van der Waals surface area contributed by atoms with E-state index in [9.17, 15) is 0 Å². The third kappa shape index (κ3) is 3.47. The molecule has 2 rings (SSSR count). The lowest BCUT2D eigenvalue weighted by Gasteiger charge is -2.00. The first-order valence-corrected chi connectivity index (χ1v) is 6.21. The average molecular weight is 266 g/mol. The van der Waals surface area contributed by atoms with Crippen molar-refractivity contribution >= 4 is 22.0 Å². The Labute approximate surface area is 99.7 Å². The van der Waals surface area contributed by atoms with Gasteiger partial charge in [-0.25, -0.2) is 0 Å². The summed E-state index contributed by atoms with van der Waals surface area (Å²) < 4.78 is 1.17. The van der Waals surface area contributed by atoms with Crippen LogP contribution < -0.4 is 5.32 Å². The van der Waals surface area contributed by atoms with Gasteiger partial charge >= 0.3 is 0 Å². The molecule has 0 aromatic heterocycles. The van der Waals surface area contributed by atoms with Gasteiger partial charge in [-0.05, 0) is 37.0 Å². The fourth-order valence-electron chi connectivity index (χ4n) is 1.48. The van der Waals surface area contributed by atoms with Crippen LogP contribution in [0.2, 0.25) is 0 Å². The standard InChI is InChI=1S/C13H16BrN/c1-10-4-5-11(13(14)9-10)3-2-8-15-12-6-7-12/h2-5,9,12,15H,6-8H2,1H3/b3-2+. The van der Waals surface area contributed by atoms with E-state index >= 15 is 0 Å². The van der Waals surface area contributed by atoms with Gasteiger partial charge < -0.3 is 5.32 Å². The Balaban J connectivity index is 1.90. The summed E-state index contributed by atoms with van der Waals surface area (Å²) in [6, 6.07) is 7.22. The molecule has 1 nitrogen and oxygen atoms in total. The van der Waals surface area contributed by atoms with E-state index in [2.05, 4.69) is 58.5 Å². The summed E-state index contributed by atoms with van der Waals surface area (Å²) in [5.41, 5.74) is 2.54. The molecule has 1 aliphatic carbocycles. The first-order chi connectivity index (χ1) is 7.25. The highest BCUT2D eigenvalue weighted by molar-refractivity contribution is 9.10. The third-order valence-corrected chi connectivity index (χ3v) is 3.24. The first kappa shape index (κ1) is 10.9. The molecule has 0 amide bonds. The van der Waals surface area contributed by atoms with E-state index in [-0.39, 0.29) is 0 Å². The lowest BCUT2D eigenvalue weighted by molar-refractivity contribution is 0.754. The fraction of sp³-hybridized carbons (Fsp3) is 0.385. The Kier molecular flexibility index (Phi) is 3.60. The lowest BCUT2D eigenvalue weighted by atomic mass is 10.1. The van der Waals surface area contributed by atoms with E-state index in [0.29, 0.717) is 0 Å². The maximum Gasteiger partial charge on any atom is 0.0250 e. The number of rotatable bonds is 4. The zero-order valence-electron chi connectivity index (χ0n) is 8.96. The SMILES string of the molecule is Cc1ccc(/C=C/CNC2CC2)c(Br)c1. The van der Waals surface area contributed by atoms with E-state index in [0.717, 1.165) is 12.6 Å². The Hall–Kier alpha value is -0.600. The van der Waals surface area contributed by atoms with Crippen LogP contribution in [0.3, 0.4) is 0 Å². The average Bonchev–Trinajstić information content (AvgIpc) is 2.99. The zero-order valence-corrected chi connectivity index (χ0v) is 10.5. The monoisotopic (exact) mass is 265 g/mol. The van der Waals surface area contributed by atoms with Gasteiger partial charge in [-0.1, -0.05) is 40.2 Å². The number of benzene rings is 1. The van der Waals surface area contributed by atoms with Gasteiger partial charge in [0.05, 0.1) is 0 Å². The molecule has 80 valence electrons. The molecule has 1 saturated carbocycles. The van der Waals surface area contributed by atoms with Crippen molar-refractivity contribution in [1.29, 1.82) is 0 Å². The second-order valence-electron chi connectivity index (χ2n) is 4.11. The maximum atomic E-state index is 3.57. The molecule has 0 radical (unpaired) electrons. The highest BCUT2D eigenvalue weighted by Crippen LogP contribution is 2.20. The molecule has 1 aliphatic rings. The quantitative estimate of drug-likeness (QED) is 0.879. The van der Waals surface area contributed by atoms with Crippen LogP contribution in [0.1, 0.15) is 24.0 Å². The molecule has 2 heteroatoms. The number of halogens is 1. The molecular weight excluding hydrogens is 250 g/mol. The van der Waals surface area contributed by atoms with Crippen LogP contribution in [0.4, 0.5) is 0 Å². The Morgan fingerprint density at radius 1 is 1.47 bits per heavy atom. The molecule has 0 saturated heterocycles. The van der Waals surface area contributed by atoms with Crippen LogP contribution in [0.25, 0.3) is 6.08 Å². The van der Waals surface area contributed by atoms with Crippen molar-refractivity contribution < 1.29 is 0 Å². The van der Waals surface area contributed by atoms with Gasteiger partial charge in [-0.3, -0.25) is 0 Å². The van der Waals surface area contributed by atoms with Crippen molar-refractivity contribution in [2.45, 2.75) is 25.8 Å². The van der Waals surface area contributed by atoms with Crippen molar-refractivity contribution in [3.05, 3.63) is 39.9 Å². The van der Waals surface area contributed by atoms with Crippen molar-refractivity contribution in [3.63, 3.8) is 0 Å². The van der Waals surface area contributed by atoms with Crippen molar-refractivity contribution in [2.75, 3.05) is 6.54 Å². The topological polar surface area (TPSA) is 12.0 Å². The summed E-state index contributed by atoms with van der Waals surface area (Å²) in [5, 5.41) is 3.46. The van der Waals surface area contributed by atoms with Crippen LogP contribution in [-0.2, 0) is 0 Å². The predicted octanol–water partition coefficient (Wildman–Crippen LogP) is 3.52. The molecule has 1 aromatic carbocycles. The summed E-state index contributed by atoms with van der Waals surface area (Å²) >= 11 is 3.57. The molecule has 0 bridgehead atoms. The van der Waals surface area contributed by atoms with Crippen LogP contribution >= 0.6 is 15.9 Å². The molecule has 0 heterocycles. The number of nitrogens with one attached hydrogen (secondary N) is 1. The predicted molar refractivity (Wildman–Crippen MR) is 68.9 cm³/mol. The summed E-state index contributed by atoms with van der Waals surface area (Å²) in [5.74, 6) is 0. The smallest absolute Gasteiger partial charge is 0.0250 e. The van der Waals surface area contributed by atoms with E-state index in [1.807, 2.05) is 0 Å². The highest BCUT2D eigenvalue weighted by atomic mass is 79.9. The second-order valence-corrected chi connectivity index (χ2v) is 4.96. The minimum absolute atomic E-state index is 0.788. The van der Waals surface area contributed by atoms with Gasteiger partial charge in [-0.2, -0.15) is 0 Å². The van der Waals surface area contributed by atoms with Crippen molar-refractivity contribution in [3.8, 4) is 0 Å². The van der Waals surface area contributed by atoms with E-state index < -0.39 is 0 Å². The molecule has 1 N–H and O–H groups in total. The molecule has 0 unspecified atom stereocenters. The largest absolute Gasteiger partial charge is 0.311 e. The van der Waals surface area contributed by atoms with Gasteiger partial charge in [0.25, 0.3) is 0 Å². The molecule has 0 atom stereocenters. The lowest BCUT2D eigenvalue weighted by Crippen LogP contribution is -2.15. The normalized spacial score (nSPS) is 16.1. The Morgan fingerprint density at radius 3 is 2.93 bits per heavy atom. The molecular formula is C13H16BrN. The van der Waals surface area contributed by atoms with Gasteiger partial charge in [0, 0.05) is 17.1 Å². The third-order valence-electron chi connectivity index (χ3n) is 2.56. The number of hydrogen-bond donors (Lipinski definition) is 1. The van der Waals surface area contributed by atoms with Crippen LogP contribution in [0.5, 0.6) is 0 Å². The molecule has 1 fully saturated rings. The van der Waals surface area contributed by atoms with Gasteiger partial charge in [0.1, 0.15) is 0 Å². The van der Waals surface area contributed by atoms with E-state index in [1.165, 1.54) is 28.4 Å². The first-order valence-electron chi connectivity index (χ1n) is 5.42. The highest BCUT2D eigenvalue weighted by Gasteiger charge is 2.18. The summed E-state index contributed by atoms with van der Waals surface area (Å²) in [6.07, 6.45) is 7.05. The number of aryl methyl sites for hydroxylation is 1. The molecule has 15 heavy (non-hydrogen) atoms. The maximum absolute atomic E-state index is 3.57. The second kappa shape index (κ2) is 4.95. The van der Waals surface area contributed by atoms with Gasteiger partial charge in [0.2, 0.25) is 0 Å². The Morgan fingerprint density at radius 2 is 2.27 bits per heavy atom.